The summed E-state index contributed by atoms with van der Waals surface area (Å²) in [5.41, 5.74) is 1.60. The number of aromatic nitrogens is 2. The van der Waals surface area contributed by atoms with Crippen LogP contribution in [0.4, 0.5) is 5.95 Å². The Morgan fingerprint density at radius 3 is 1.88 bits per heavy atom. The summed E-state index contributed by atoms with van der Waals surface area (Å²) in [5.74, 6) is 0.937. The van der Waals surface area contributed by atoms with Crippen LogP contribution in [0.5, 0.6) is 0 Å². The van der Waals surface area contributed by atoms with Crippen molar-refractivity contribution in [1.29, 1.82) is 0 Å². The third-order valence-electron chi connectivity index (χ3n) is 5.09. The predicted octanol–water partition coefficient (Wildman–Crippen LogP) is 6.81. The van der Waals surface area contributed by atoms with Gasteiger partial charge >= 0.3 is 0 Å². The van der Waals surface area contributed by atoms with E-state index in [4.69, 9.17) is 9.97 Å². The Balaban J connectivity index is 2.96. The summed E-state index contributed by atoms with van der Waals surface area (Å²) < 4.78 is 0. The lowest BCUT2D eigenvalue weighted by Crippen LogP contribution is -2.39. The summed E-state index contributed by atoms with van der Waals surface area (Å²) in [5, 5.41) is 0. The molecule has 0 aliphatic heterocycles. The van der Waals surface area contributed by atoms with E-state index in [9.17, 15) is 0 Å². The molecule has 0 radical (unpaired) electrons. The fraction of sp³-hybridized carbons (Fsp3) is 0.826. The highest BCUT2D eigenvalue weighted by Gasteiger charge is 2.22. The van der Waals surface area contributed by atoms with Crippen molar-refractivity contribution in [2.75, 3.05) is 11.4 Å². The van der Waals surface area contributed by atoms with Gasteiger partial charge in [0, 0.05) is 25.0 Å². The van der Waals surface area contributed by atoms with Crippen molar-refractivity contribution in [2.45, 2.75) is 112 Å². The van der Waals surface area contributed by atoms with Crippen molar-refractivity contribution < 1.29 is 0 Å². The van der Waals surface area contributed by atoms with Gasteiger partial charge in [0.2, 0.25) is 5.95 Å². The van der Waals surface area contributed by atoms with E-state index in [0.717, 1.165) is 18.9 Å². The van der Waals surface area contributed by atoms with Gasteiger partial charge in [-0.2, -0.15) is 0 Å². The van der Waals surface area contributed by atoms with E-state index in [-0.39, 0.29) is 0 Å². The molecule has 0 amide bonds. The second kappa shape index (κ2) is 12.3. The normalized spacial score (nSPS) is 12.0. The molecule has 0 bridgehead atoms. The fourth-order valence-corrected chi connectivity index (χ4v) is 3.24. The van der Waals surface area contributed by atoms with E-state index in [2.05, 4.69) is 58.8 Å². The molecule has 1 heterocycles. The third-order valence-corrected chi connectivity index (χ3v) is 5.09. The Bertz CT molecular complexity index is 453. The minimum Gasteiger partial charge on any atom is -0.338 e. The monoisotopic (exact) mass is 361 g/mol. The Hall–Kier alpha value is -1.12. The van der Waals surface area contributed by atoms with Gasteiger partial charge in [-0.25, -0.2) is 9.97 Å². The van der Waals surface area contributed by atoms with Crippen LogP contribution < -0.4 is 4.90 Å². The molecule has 1 aromatic rings. The zero-order valence-electron chi connectivity index (χ0n) is 18.4. The van der Waals surface area contributed by atoms with Crippen molar-refractivity contribution in [3.8, 4) is 0 Å². The van der Waals surface area contributed by atoms with Gasteiger partial charge in [0.1, 0.15) is 0 Å². The molecule has 0 saturated carbocycles. The summed E-state index contributed by atoms with van der Waals surface area (Å²) in [6.07, 6.45) is 16.4. The lowest BCUT2D eigenvalue weighted by Gasteiger charge is -2.34. The summed E-state index contributed by atoms with van der Waals surface area (Å²) in [6, 6.07) is 0.568. The maximum atomic E-state index is 4.78. The van der Waals surface area contributed by atoms with Gasteiger partial charge in [0.25, 0.3) is 0 Å². The van der Waals surface area contributed by atoms with Crippen molar-refractivity contribution >= 4 is 5.95 Å². The molecule has 150 valence electrons. The average molecular weight is 362 g/mol. The fourth-order valence-electron chi connectivity index (χ4n) is 3.24. The van der Waals surface area contributed by atoms with E-state index in [0.29, 0.717) is 11.5 Å². The highest BCUT2D eigenvalue weighted by Crippen LogP contribution is 2.25. The second-order valence-corrected chi connectivity index (χ2v) is 8.94. The first-order valence-corrected chi connectivity index (χ1v) is 11.0. The molecule has 3 nitrogen and oxygen atoms in total. The van der Waals surface area contributed by atoms with Crippen molar-refractivity contribution in [3.05, 3.63) is 18.0 Å². The minimum absolute atomic E-state index is 0.333. The molecule has 1 aromatic heterocycles. The molecular formula is C23H43N3. The van der Waals surface area contributed by atoms with Crippen molar-refractivity contribution in [3.63, 3.8) is 0 Å². The van der Waals surface area contributed by atoms with E-state index in [1.54, 1.807) is 0 Å². The Morgan fingerprint density at radius 2 is 1.42 bits per heavy atom. The first kappa shape index (κ1) is 22.9. The maximum absolute atomic E-state index is 4.78. The first-order chi connectivity index (χ1) is 12.4. The lowest BCUT2D eigenvalue weighted by molar-refractivity contribution is 0.361. The van der Waals surface area contributed by atoms with Crippen molar-refractivity contribution in [2.24, 2.45) is 5.41 Å². The van der Waals surface area contributed by atoms with Gasteiger partial charge in [-0.05, 0) is 43.1 Å². The SMILES string of the molecule is CCCCc1cnc(N(CCC(C)(C)C)C(CCCC)CCCC)nc1. The van der Waals surface area contributed by atoms with E-state index in [1.807, 2.05) is 0 Å². The number of hydrogen-bond acceptors (Lipinski definition) is 3. The van der Waals surface area contributed by atoms with Crippen LogP contribution in [-0.2, 0) is 6.42 Å². The van der Waals surface area contributed by atoms with Crippen LogP contribution in [0.1, 0.15) is 105 Å². The van der Waals surface area contributed by atoms with E-state index in [1.165, 1.54) is 63.4 Å². The number of hydrogen-bond donors (Lipinski definition) is 0. The van der Waals surface area contributed by atoms with Gasteiger partial charge in [0.05, 0.1) is 0 Å². The molecule has 0 saturated heterocycles. The molecule has 0 fully saturated rings. The molecule has 3 heteroatoms. The highest BCUT2D eigenvalue weighted by molar-refractivity contribution is 5.32. The average Bonchev–Trinajstić information content (AvgIpc) is 2.61. The smallest absolute Gasteiger partial charge is 0.225 e. The summed E-state index contributed by atoms with van der Waals surface area (Å²) in [4.78, 5) is 12.1. The molecule has 0 spiro atoms. The maximum Gasteiger partial charge on any atom is 0.225 e. The summed E-state index contributed by atoms with van der Waals surface area (Å²) in [6.45, 7) is 14.8. The highest BCUT2D eigenvalue weighted by atomic mass is 15.3. The van der Waals surface area contributed by atoms with Crippen LogP contribution in [0.15, 0.2) is 12.4 Å². The predicted molar refractivity (Wildman–Crippen MR) is 115 cm³/mol. The number of aryl methyl sites for hydroxylation is 1. The Morgan fingerprint density at radius 1 is 0.885 bits per heavy atom. The van der Waals surface area contributed by atoms with E-state index < -0.39 is 0 Å². The quantitative estimate of drug-likeness (QED) is 0.386. The molecule has 0 aromatic carbocycles. The number of nitrogens with zero attached hydrogens (tertiary/aromatic N) is 3. The molecular weight excluding hydrogens is 318 g/mol. The van der Waals surface area contributed by atoms with Crippen LogP contribution >= 0.6 is 0 Å². The lowest BCUT2D eigenvalue weighted by atomic mass is 9.91. The molecule has 0 aliphatic carbocycles. The zero-order chi connectivity index (χ0) is 19.4. The molecule has 26 heavy (non-hydrogen) atoms. The van der Waals surface area contributed by atoms with E-state index >= 15 is 0 Å². The first-order valence-electron chi connectivity index (χ1n) is 11.0. The summed E-state index contributed by atoms with van der Waals surface area (Å²) >= 11 is 0. The Kier molecular flexibility index (Phi) is 10.8. The van der Waals surface area contributed by atoms with Crippen LogP contribution in [0, 0.1) is 5.41 Å². The van der Waals surface area contributed by atoms with Crippen LogP contribution in [-0.4, -0.2) is 22.6 Å². The minimum atomic E-state index is 0.333. The molecule has 1 rings (SSSR count). The second-order valence-electron chi connectivity index (χ2n) is 8.94. The van der Waals surface area contributed by atoms with Crippen LogP contribution in [0.2, 0.25) is 0 Å². The number of unbranched alkanes of at least 4 members (excludes halogenated alkanes) is 3. The molecule has 0 N–H and O–H groups in total. The third kappa shape index (κ3) is 9.00. The van der Waals surface area contributed by atoms with Gasteiger partial charge in [-0.1, -0.05) is 73.6 Å². The zero-order valence-corrected chi connectivity index (χ0v) is 18.4. The van der Waals surface area contributed by atoms with Crippen molar-refractivity contribution in [1.82, 2.24) is 9.97 Å². The number of rotatable bonds is 13. The van der Waals surface area contributed by atoms with Gasteiger partial charge in [0.15, 0.2) is 0 Å². The van der Waals surface area contributed by atoms with Gasteiger partial charge in [-0.15, -0.1) is 0 Å². The van der Waals surface area contributed by atoms with Crippen LogP contribution in [0.3, 0.4) is 0 Å². The molecule has 0 aliphatic rings. The van der Waals surface area contributed by atoms with Crippen LogP contribution in [0.25, 0.3) is 0 Å². The molecule has 0 atom stereocenters. The summed E-state index contributed by atoms with van der Waals surface area (Å²) in [7, 11) is 0. The topological polar surface area (TPSA) is 29.0 Å². The standard InChI is InChI=1S/C23H43N3/c1-7-10-13-20-18-24-22(25-19-20)26(17-16-23(4,5)6)21(14-11-8-2)15-12-9-3/h18-19,21H,7-17H2,1-6H3. The Labute approximate surface area is 163 Å². The largest absolute Gasteiger partial charge is 0.338 e. The molecule has 0 unspecified atom stereocenters. The van der Waals surface area contributed by atoms with Gasteiger partial charge < -0.3 is 4.90 Å². The number of anilines is 1. The van der Waals surface area contributed by atoms with Gasteiger partial charge in [-0.3, -0.25) is 0 Å².